The van der Waals surface area contributed by atoms with Gasteiger partial charge in [-0.2, -0.15) is 0 Å². The molecule has 0 spiro atoms. The van der Waals surface area contributed by atoms with Crippen LogP contribution in [-0.4, -0.2) is 81.7 Å². The Morgan fingerprint density at radius 3 is 2.09 bits per heavy atom. The van der Waals surface area contributed by atoms with Crippen molar-refractivity contribution in [3.05, 3.63) is 36.8 Å². The molecular weight excluding hydrogens is 398 g/mol. The van der Waals surface area contributed by atoms with Gasteiger partial charge in [-0.25, -0.2) is 15.0 Å². The highest BCUT2D eigenvalue weighted by atomic mass is 15.2. The number of rotatable bonds is 13. The molecule has 7 nitrogen and oxygen atoms in total. The van der Waals surface area contributed by atoms with E-state index >= 15 is 0 Å². The molecule has 0 aliphatic carbocycles. The molecule has 2 heterocycles. The van der Waals surface area contributed by atoms with Crippen molar-refractivity contribution in [3.8, 4) is 11.4 Å². The molecular formula is C25H39N7. The topological polar surface area (TPSA) is 53.3 Å². The van der Waals surface area contributed by atoms with Gasteiger partial charge in [0.1, 0.15) is 17.7 Å². The van der Waals surface area contributed by atoms with E-state index in [2.05, 4.69) is 88.1 Å². The Hall–Kier alpha value is -2.51. The molecule has 0 aliphatic heterocycles. The zero-order valence-electron chi connectivity index (χ0n) is 20.5. The van der Waals surface area contributed by atoms with Crippen molar-refractivity contribution in [3.63, 3.8) is 0 Å². The van der Waals surface area contributed by atoms with Crippen molar-refractivity contribution in [1.29, 1.82) is 0 Å². The monoisotopic (exact) mass is 437 g/mol. The van der Waals surface area contributed by atoms with E-state index in [9.17, 15) is 0 Å². The van der Waals surface area contributed by atoms with Crippen molar-refractivity contribution < 1.29 is 0 Å². The molecule has 32 heavy (non-hydrogen) atoms. The number of aromatic nitrogens is 4. The lowest BCUT2D eigenvalue weighted by Gasteiger charge is -2.30. The molecule has 0 fully saturated rings. The Labute approximate surface area is 193 Å². The van der Waals surface area contributed by atoms with Gasteiger partial charge < -0.3 is 19.3 Å². The zero-order valence-corrected chi connectivity index (χ0v) is 20.5. The van der Waals surface area contributed by atoms with Crippen LogP contribution in [0, 0.1) is 0 Å². The van der Waals surface area contributed by atoms with Crippen LogP contribution in [0.5, 0.6) is 0 Å². The van der Waals surface area contributed by atoms with Crippen molar-refractivity contribution in [2.75, 3.05) is 57.3 Å². The molecule has 0 saturated heterocycles. The van der Waals surface area contributed by atoms with Crippen LogP contribution in [0.1, 0.15) is 34.6 Å². The minimum atomic E-state index is 0.820. The van der Waals surface area contributed by atoms with E-state index in [0.29, 0.717) is 0 Å². The predicted molar refractivity (Wildman–Crippen MR) is 134 cm³/mol. The number of fused-ring (bicyclic) bond motifs is 1. The van der Waals surface area contributed by atoms with Gasteiger partial charge in [0.2, 0.25) is 0 Å². The van der Waals surface area contributed by atoms with Gasteiger partial charge in [0.05, 0.1) is 6.20 Å². The van der Waals surface area contributed by atoms with Gasteiger partial charge in [-0.3, -0.25) is 0 Å². The molecule has 0 aliphatic rings. The van der Waals surface area contributed by atoms with Gasteiger partial charge in [-0.1, -0.05) is 39.8 Å². The number of imidazole rings is 1. The fourth-order valence-electron chi connectivity index (χ4n) is 4.21. The van der Waals surface area contributed by atoms with E-state index in [1.807, 2.05) is 0 Å². The minimum absolute atomic E-state index is 0.820. The second-order valence-corrected chi connectivity index (χ2v) is 8.00. The normalized spacial score (nSPS) is 11.7. The molecule has 0 amide bonds. The summed E-state index contributed by atoms with van der Waals surface area (Å²) in [5, 5.41) is 0. The molecule has 2 aromatic heterocycles. The van der Waals surface area contributed by atoms with Crippen LogP contribution >= 0.6 is 0 Å². The largest absolute Gasteiger partial charge is 0.369 e. The van der Waals surface area contributed by atoms with Gasteiger partial charge >= 0.3 is 0 Å². The van der Waals surface area contributed by atoms with Crippen LogP contribution in [0.3, 0.4) is 0 Å². The van der Waals surface area contributed by atoms with Gasteiger partial charge in [-0.15, -0.1) is 0 Å². The molecule has 0 unspecified atom stereocenters. The number of hydrogen-bond donors (Lipinski definition) is 0. The van der Waals surface area contributed by atoms with Crippen molar-refractivity contribution in [2.24, 2.45) is 0 Å². The maximum Gasteiger partial charge on any atom is 0.163 e. The first-order valence-electron chi connectivity index (χ1n) is 12.1. The molecule has 0 N–H and O–H groups in total. The number of anilines is 1. The highest BCUT2D eigenvalue weighted by Crippen LogP contribution is 2.27. The third-order valence-corrected chi connectivity index (χ3v) is 6.36. The number of nitrogens with zero attached hydrogens (tertiary/aromatic N) is 7. The summed E-state index contributed by atoms with van der Waals surface area (Å²) in [6.45, 7) is 20.4. The van der Waals surface area contributed by atoms with E-state index in [1.54, 1.807) is 12.5 Å². The maximum absolute atomic E-state index is 4.86. The second-order valence-electron chi connectivity index (χ2n) is 8.00. The molecule has 0 atom stereocenters. The maximum atomic E-state index is 4.86. The summed E-state index contributed by atoms with van der Waals surface area (Å²) >= 11 is 0. The van der Waals surface area contributed by atoms with Gasteiger partial charge in [-0.05, 0) is 45.2 Å². The van der Waals surface area contributed by atoms with Gasteiger partial charge in [0.15, 0.2) is 5.65 Å². The molecule has 0 saturated carbocycles. The number of aryl methyl sites for hydroxylation is 1. The molecule has 7 heteroatoms. The quantitative estimate of drug-likeness (QED) is 0.403. The smallest absolute Gasteiger partial charge is 0.163 e. The Kier molecular flexibility index (Phi) is 9.00. The summed E-state index contributed by atoms with van der Waals surface area (Å²) in [5.74, 6) is 0.956. The third-order valence-electron chi connectivity index (χ3n) is 6.36. The van der Waals surface area contributed by atoms with Crippen LogP contribution < -0.4 is 4.90 Å². The van der Waals surface area contributed by atoms with Crippen molar-refractivity contribution in [2.45, 2.75) is 41.2 Å². The first kappa shape index (κ1) is 24.1. The van der Waals surface area contributed by atoms with Gasteiger partial charge in [0, 0.05) is 44.0 Å². The summed E-state index contributed by atoms with van der Waals surface area (Å²) in [4.78, 5) is 21.0. The summed E-state index contributed by atoms with van der Waals surface area (Å²) < 4.78 is 2.17. The second kappa shape index (κ2) is 11.9. The Morgan fingerprint density at radius 2 is 1.50 bits per heavy atom. The van der Waals surface area contributed by atoms with Crippen molar-refractivity contribution in [1.82, 2.24) is 29.3 Å². The molecule has 174 valence electrons. The fourth-order valence-corrected chi connectivity index (χ4v) is 4.21. The number of benzene rings is 1. The Balaban J connectivity index is 1.91. The Morgan fingerprint density at radius 1 is 0.844 bits per heavy atom. The van der Waals surface area contributed by atoms with Crippen LogP contribution in [0.4, 0.5) is 5.69 Å². The standard InChI is InChI=1S/C25H39N7/c1-6-29(7-2)14-16-31(17-15-30(8-3)9-4)22-13-11-12-21(18-22)24-28-23-19-26-20-27-25(23)32(24)10-5/h11-13,18-20H,6-10,14-17H2,1-5H3. The summed E-state index contributed by atoms with van der Waals surface area (Å²) in [7, 11) is 0. The highest BCUT2D eigenvalue weighted by Gasteiger charge is 2.15. The molecule has 0 radical (unpaired) electrons. The van der Waals surface area contributed by atoms with E-state index < -0.39 is 0 Å². The van der Waals surface area contributed by atoms with Crippen LogP contribution in [0.15, 0.2) is 36.8 Å². The average Bonchev–Trinajstić information content (AvgIpc) is 3.22. The number of hydrogen-bond acceptors (Lipinski definition) is 6. The lowest BCUT2D eigenvalue weighted by molar-refractivity contribution is 0.294. The van der Waals surface area contributed by atoms with E-state index in [0.717, 1.165) is 81.5 Å². The first-order valence-corrected chi connectivity index (χ1v) is 12.1. The molecule has 1 aromatic carbocycles. The van der Waals surface area contributed by atoms with Crippen LogP contribution in [0.2, 0.25) is 0 Å². The fraction of sp³-hybridized carbons (Fsp3) is 0.560. The summed E-state index contributed by atoms with van der Waals surface area (Å²) in [6.07, 6.45) is 3.39. The van der Waals surface area contributed by atoms with E-state index in [-0.39, 0.29) is 0 Å². The average molecular weight is 438 g/mol. The first-order chi connectivity index (χ1) is 15.6. The highest BCUT2D eigenvalue weighted by molar-refractivity contribution is 5.77. The lowest BCUT2D eigenvalue weighted by atomic mass is 10.1. The predicted octanol–water partition coefficient (Wildman–Crippen LogP) is 4.00. The molecule has 3 rings (SSSR count). The Bertz CT molecular complexity index is 944. The summed E-state index contributed by atoms with van der Waals surface area (Å²) in [5.41, 5.74) is 4.11. The number of likely N-dealkylation sites (N-methyl/N-ethyl adjacent to an activating group) is 2. The third kappa shape index (κ3) is 5.64. The molecule has 0 bridgehead atoms. The summed E-state index contributed by atoms with van der Waals surface area (Å²) in [6, 6.07) is 8.81. The van der Waals surface area contributed by atoms with Crippen LogP contribution in [-0.2, 0) is 6.54 Å². The van der Waals surface area contributed by atoms with Gasteiger partial charge in [0.25, 0.3) is 0 Å². The van der Waals surface area contributed by atoms with E-state index in [1.165, 1.54) is 5.69 Å². The van der Waals surface area contributed by atoms with Crippen molar-refractivity contribution >= 4 is 16.9 Å². The lowest BCUT2D eigenvalue weighted by Crippen LogP contribution is -2.40. The SMILES string of the molecule is CCN(CC)CCN(CCN(CC)CC)c1cccc(-c2nc3cncnc3n2CC)c1. The van der Waals surface area contributed by atoms with E-state index in [4.69, 9.17) is 4.98 Å². The molecule has 3 aromatic rings. The van der Waals surface area contributed by atoms with Crippen LogP contribution in [0.25, 0.3) is 22.6 Å². The zero-order chi connectivity index (χ0) is 22.9. The minimum Gasteiger partial charge on any atom is -0.369 e.